The molecule has 0 N–H and O–H groups in total. The summed E-state index contributed by atoms with van der Waals surface area (Å²) in [4.78, 5) is 17.4. The van der Waals surface area contributed by atoms with E-state index >= 15 is 0 Å². The van der Waals surface area contributed by atoms with E-state index in [1.807, 2.05) is 35.2 Å². The number of methoxy groups -OCH3 is 1. The van der Waals surface area contributed by atoms with Crippen molar-refractivity contribution < 1.29 is 13.9 Å². The molecule has 0 aliphatic carbocycles. The molecule has 2 aliphatic rings. The first-order valence-corrected chi connectivity index (χ1v) is 8.86. The van der Waals surface area contributed by atoms with Crippen molar-refractivity contribution in [2.24, 2.45) is 5.41 Å². The first-order valence-electron chi connectivity index (χ1n) is 8.86. The number of nitrogens with zero attached hydrogens (tertiary/aromatic N) is 2. The molecule has 1 aromatic carbocycles. The van der Waals surface area contributed by atoms with Gasteiger partial charge in [-0.15, -0.1) is 0 Å². The first kappa shape index (κ1) is 16.2. The summed E-state index contributed by atoms with van der Waals surface area (Å²) in [5.74, 6) is 2.11. The highest BCUT2D eigenvalue weighted by atomic mass is 16.5. The van der Waals surface area contributed by atoms with Crippen molar-refractivity contribution in [3.8, 4) is 5.75 Å². The SMILES string of the molecule is COc1cccc(CN2CC[C@@]3(CCN(Cc4ccco4)C3)C2=O)c1. The molecule has 2 fully saturated rings. The van der Waals surface area contributed by atoms with Gasteiger partial charge in [-0.25, -0.2) is 0 Å². The molecular formula is C20H24N2O3. The van der Waals surface area contributed by atoms with Gasteiger partial charge in [0.15, 0.2) is 0 Å². The van der Waals surface area contributed by atoms with Gasteiger partial charge in [-0.3, -0.25) is 9.69 Å². The molecule has 0 radical (unpaired) electrons. The minimum absolute atomic E-state index is 0.203. The summed E-state index contributed by atoms with van der Waals surface area (Å²) in [6.45, 7) is 4.08. The lowest BCUT2D eigenvalue weighted by molar-refractivity contribution is -0.136. The molecule has 0 saturated carbocycles. The zero-order valence-corrected chi connectivity index (χ0v) is 14.6. The van der Waals surface area contributed by atoms with E-state index in [2.05, 4.69) is 11.0 Å². The summed E-state index contributed by atoms with van der Waals surface area (Å²) in [6, 6.07) is 11.9. The maximum absolute atomic E-state index is 13.1. The second kappa shape index (κ2) is 6.56. The van der Waals surface area contributed by atoms with Gasteiger partial charge in [-0.2, -0.15) is 0 Å². The number of amides is 1. The molecular weight excluding hydrogens is 316 g/mol. The van der Waals surface area contributed by atoms with Crippen molar-refractivity contribution >= 4 is 5.91 Å². The summed E-state index contributed by atoms with van der Waals surface area (Å²) in [5, 5.41) is 0. The van der Waals surface area contributed by atoms with Crippen molar-refractivity contribution in [3.63, 3.8) is 0 Å². The summed E-state index contributed by atoms with van der Waals surface area (Å²) in [7, 11) is 1.67. The van der Waals surface area contributed by atoms with Gasteiger partial charge in [0.25, 0.3) is 0 Å². The number of carbonyl (C=O) groups excluding carboxylic acids is 1. The van der Waals surface area contributed by atoms with E-state index in [9.17, 15) is 4.79 Å². The third-order valence-corrected chi connectivity index (χ3v) is 5.50. The fraction of sp³-hybridized carbons (Fsp3) is 0.450. The molecule has 132 valence electrons. The van der Waals surface area contributed by atoms with Crippen molar-refractivity contribution in [2.45, 2.75) is 25.9 Å². The minimum Gasteiger partial charge on any atom is -0.497 e. The maximum Gasteiger partial charge on any atom is 0.230 e. The summed E-state index contributed by atoms with van der Waals surface area (Å²) >= 11 is 0. The Bertz CT molecular complexity index is 743. The average molecular weight is 340 g/mol. The Hall–Kier alpha value is -2.27. The van der Waals surface area contributed by atoms with Crippen molar-refractivity contribution in [2.75, 3.05) is 26.7 Å². The van der Waals surface area contributed by atoms with Crippen LogP contribution in [0.15, 0.2) is 47.1 Å². The molecule has 1 spiro atoms. The van der Waals surface area contributed by atoms with Crippen LogP contribution in [-0.2, 0) is 17.9 Å². The molecule has 2 aromatic rings. The summed E-state index contributed by atoms with van der Waals surface area (Å²) < 4.78 is 10.7. The van der Waals surface area contributed by atoms with Crippen molar-refractivity contribution in [1.82, 2.24) is 9.80 Å². The Morgan fingerprint density at radius 3 is 2.84 bits per heavy atom. The normalized spacial score (nSPS) is 23.7. The van der Waals surface area contributed by atoms with Crippen molar-refractivity contribution in [3.05, 3.63) is 54.0 Å². The van der Waals surface area contributed by atoms with Gasteiger partial charge in [0.05, 0.1) is 25.3 Å². The number of rotatable bonds is 5. The highest BCUT2D eigenvalue weighted by molar-refractivity contribution is 5.85. The predicted octanol–water partition coefficient (Wildman–Crippen LogP) is 2.91. The van der Waals surface area contributed by atoms with Gasteiger partial charge in [0, 0.05) is 19.6 Å². The number of hydrogen-bond donors (Lipinski definition) is 0. The number of likely N-dealkylation sites (tertiary alicyclic amines) is 2. The Morgan fingerprint density at radius 2 is 2.04 bits per heavy atom. The van der Waals surface area contributed by atoms with Crippen LogP contribution in [0.4, 0.5) is 0 Å². The number of hydrogen-bond acceptors (Lipinski definition) is 4. The molecule has 0 unspecified atom stereocenters. The lowest BCUT2D eigenvalue weighted by Gasteiger charge is -2.23. The highest BCUT2D eigenvalue weighted by Gasteiger charge is 2.50. The van der Waals surface area contributed by atoms with Crippen LogP contribution in [0, 0.1) is 5.41 Å². The van der Waals surface area contributed by atoms with Crippen LogP contribution in [0.3, 0.4) is 0 Å². The number of benzene rings is 1. The van der Waals surface area contributed by atoms with Gasteiger partial charge >= 0.3 is 0 Å². The van der Waals surface area contributed by atoms with Crippen LogP contribution in [0.5, 0.6) is 5.75 Å². The molecule has 1 aromatic heterocycles. The number of carbonyl (C=O) groups is 1. The van der Waals surface area contributed by atoms with E-state index in [4.69, 9.17) is 9.15 Å². The fourth-order valence-electron chi connectivity index (χ4n) is 4.13. The van der Waals surface area contributed by atoms with Crippen molar-refractivity contribution in [1.29, 1.82) is 0 Å². The third kappa shape index (κ3) is 3.16. The average Bonchev–Trinajstić information content (AvgIpc) is 3.35. The number of furan rings is 1. The predicted molar refractivity (Wildman–Crippen MR) is 94.1 cm³/mol. The van der Waals surface area contributed by atoms with Gasteiger partial charge in [-0.1, -0.05) is 12.1 Å². The molecule has 1 amide bonds. The van der Waals surface area contributed by atoms with Gasteiger partial charge < -0.3 is 14.1 Å². The van der Waals surface area contributed by atoms with Gasteiger partial charge in [0.2, 0.25) is 5.91 Å². The van der Waals surface area contributed by atoms with Crippen LogP contribution in [0.2, 0.25) is 0 Å². The third-order valence-electron chi connectivity index (χ3n) is 5.50. The smallest absolute Gasteiger partial charge is 0.230 e. The molecule has 5 heteroatoms. The Kier molecular flexibility index (Phi) is 4.25. The lowest BCUT2D eigenvalue weighted by Crippen LogP contribution is -2.36. The monoisotopic (exact) mass is 340 g/mol. The Balaban J connectivity index is 1.41. The molecule has 25 heavy (non-hydrogen) atoms. The van der Waals surface area contributed by atoms with Crippen LogP contribution >= 0.6 is 0 Å². The Morgan fingerprint density at radius 1 is 1.16 bits per heavy atom. The van der Waals surface area contributed by atoms with E-state index < -0.39 is 0 Å². The molecule has 1 atom stereocenters. The number of ether oxygens (including phenoxy) is 1. The highest BCUT2D eigenvalue weighted by Crippen LogP contribution is 2.41. The molecule has 0 bridgehead atoms. The first-order chi connectivity index (χ1) is 12.2. The van der Waals surface area contributed by atoms with Gasteiger partial charge in [-0.05, 0) is 49.2 Å². The second-order valence-electron chi connectivity index (χ2n) is 7.15. The van der Waals surface area contributed by atoms with E-state index in [-0.39, 0.29) is 5.41 Å². The van der Waals surface area contributed by atoms with Crippen LogP contribution in [0.25, 0.3) is 0 Å². The van der Waals surface area contributed by atoms with E-state index in [0.717, 1.165) is 56.1 Å². The molecule has 2 saturated heterocycles. The zero-order valence-electron chi connectivity index (χ0n) is 14.6. The standard InChI is InChI=1S/C20H24N2O3/c1-24-17-5-2-4-16(12-17)13-22-10-8-20(19(22)23)7-9-21(15-20)14-18-6-3-11-25-18/h2-6,11-12H,7-10,13-15H2,1H3/t20-/m1/s1. The van der Waals surface area contributed by atoms with Crippen LogP contribution in [-0.4, -0.2) is 42.5 Å². The van der Waals surface area contributed by atoms with E-state index in [1.54, 1.807) is 13.4 Å². The molecule has 4 rings (SSSR count). The van der Waals surface area contributed by atoms with E-state index in [1.165, 1.54) is 0 Å². The van der Waals surface area contributed by atoms with Crippen LogP contribution < -0.4 is 4.74 Å². The fourth-order valence-corrected chi connectivity index (χ4v) is 4.13. The maximum atomic E-state index is 13.1. The summed E-state index contributed by atoms with van der Waals surface area (Å²) in [5.41, 5.74) is 0.918. The zero-order chi connectivity index (χ0) is 17.3. The van der Waals surface area contributed by atoms with E-state index in [0.29, 0.717) is 12.5 Å². The molecule has 5 nitrogen and oxygen atoms in total. The summed E-state index contributed by atoms with van der Waals surface area (Å²) in [6.07, 6.45) is 3.60. The molecule has 3 heterocycles. The van der Waals surface area contributed by atoms with Gasteiger partial charge in [0.1, 0.15) is 11.5 Å². The Labute approximate surface area is 148 Å². The largest absolute Gasteiger partial charge is 0.497 e. The quantitative estimate of drug-likeness (QED) is 0.840. The lowest BCUT2D eigenvalue weighted by atomic mass is 9.85. The molecule has 2 aliphatic heterocycles. The topological polar surface area (TPSA) is 45.9 Å². The minimum atomic E-state index is -0.203. The second-order valence-corrected chi connectivity index (χ2v) is 7.15. The van der Waals surface area contributed by atoms with Crippen LogP contribution in [0.1, 0.15) is 24.2 Å².